The monoisotopic (exact) mass is 638 g/mol. The molecule has 3 N–H and O–H groups in total. The van der Waals surface area contributed by atoms with Gasteiger partial charge in [-0.15, -0.1) is 22.7 Å². The first kappa shape index (κ1) is 30.6. The number of Topliss-reactive ketones (excluding diaryl/α,β-unsaturated/α-hetero) is 1. The lowest BCUT2D eigenvalue weighted by molar-refractivity contribution is -0.129. The largest absolute Gasteiger partial charge is 0.346 e. The SMILES string of the molecule is C[C@H](NC(=O)[C@@H]1CC[C@@H](c2ccccc2)C1)C(=O)CCc1nc2c(Cl)cccc2s1.NCc1nc2c(Cl)cccc2s1. The van der Waals surface area contributed by atoms with Crippen molar-refractivity contribution < 1.29 is 9.59 Å². The van der Waals surface area contributed by atoms with E-state index in [-0.39, 0.29) is 17.6 Å². The number of halogens is 2. The third-order valence-electron chi connectivity index (χ3n) is 7.50. The normalized spacial score (nSPS) is 17.1. The molecule has 6 nitrogen and oxygen atoms in total. The fraction of sp³-hybridized carbons (Fsp3) is 0.312. The van der Waals surface area contributed by atoms with E-state index in [9.17, 15) is 9.59 Å². The number of ketones is 1. The highest BCUT2D eigenvalue weighted by Crippen LogP contribution is 2.38. The van der Waals surface area contributed by atoms with Crippen molar-refractivity contribution in [1.29, 1.82) is 0 Å². The summed E-state index contributed by atoms with van der Waals surface area (Å²) >= 11 is 15.3. The molecule has 0 spiro atoms. The molecule has 0 radical (unpaired) electrons. The number of para-hydroxylation sites is 2. The molecular weight excluding hydrogens is 607 g/mol. The molecule has 5 aromatic rings. The molecule has 3 atom stereocenters. The first-order valence-electron chi connectivity index (χ1n) is 14.0. The Kier molecular flexibility index (Phi) is 10.2. The van der Waals surface area contributed by atoms with Crippen molar-refractivity contribution in [3.8, 4) is 0 Å². The molecule has 218 valence electrons. The van der Waals surface area contributed by atoms with E-state index in [1.54, 1.807) is 29.6 Å². The Balaban J connectivity index is 0.000000244. The number of benzene rings is 3. The Morgan fingerprint density at radius 1 is 0.905 bits per heavy atom. The van der Waals surface area contributed by atoms with Crippen LogP contribution in [0, 0.1) is 5.92 Å². The Bertz CT molecular complexity index is 1690. The van der Waals surface area contributed by atoms with E-state index in [0.29, 0.717) is 35.3 Å². The highest BCUT2D eigenvalue weighted by Gasteiger charge is 2.31. The molecule has 42 heavy (non-hydrogen) atoms. The number of hydrogen-bond acceptors (Lipinski definition) is 7. The van der Waals surface area contributed by atoms with Crippen LogP contribution in [-0.4, -0.2) is 27.7 Å². The number of thiazole rings is 2. The quantitative estimate of drug-likeness (QED) is 0.180. The lowest BCUT2D eigenvalue weighted by Gasteiger charge is -2.16. The second kappa shape index (κ2) is 14.1. The van der Waals surface area contributed by atoms with Gasteiger partial charge >= 0.3 is 0 Å². The summed E-state index contributed by atoms with van der Waals surface area (Å²) in [5.74, 6) is 0.447. The van der Waals surface area contributed by atoms with Gasteiger partial charge in [0.25, 0.3) is 0 Å². The van der Waals surface area contributed by atoms with Crippen LogP contribution < -0.4 is 11.1 Å². The summed E-state index contributed by atoms with van der Waals surface area (Å²) in [5.41, 5.74) is 8.43. The molecule has 0 bridgehead atoms. The van der Waals surface area contributed by atoms with Gasteiger partial charge in [-0.2, -0.15) is 0 Å². The van der Waals surface area contributed by atoms with E-state index >= 15 is 0 Å². The second-order valence-corrected chi connectivity index (χ2v) is 13.5. The molecule has 0 aliphatic heterocycles. The van der Waals surface area contributed by atoms with Gasteiger partial charge in [-0.1, -0.05) is 65.7 Å². The van der Waals surface area contributed by atoms with Crippen molar-refractivity contribution in [3.05, 3.63) is 92.4 Å². The van der Waals surface area contributed by atoms with Gasteiger partial charge in [0.15, 0.2) is 5.78 Å². The van der Waals surface area contributed by atoms with Crippen LogP contribution in [0.5, 0.6) is 0 Å². The average molecular weight is 640 g/mol. The van der Waals surface area contributed by atoms with E-state index in [1.165, 1.54) is 5.56 Å². The molecule has 0 saturated heterocycles. The third-order valence-corrected chi connectivity index (χ3v) is 10.2. The van der Waals surface area contributed by atoms with Crippen LogP contribution in [0.3, 0.4) is 0 Å². The molecular formula is C32H32Cl2N4O2S2. The van der Waals surface area contributed by atoms with Crippen molar-refractivity contribution in [3.63, 3.8) is 0 Å². The molecule has 0 unspecified atom stereocenters. The standard InChI is InChI=1S/C24H25ClN2O2S.C8H7ClN2S/c1-15(20(28)12-13-22-27-23-19(25)8-5-9-21(23)30-22)26-24(29)18-11-10-17(14-18)16-6-3-2-4-7-16;9-5-2-1-3-6-8(5)11-7(4-10)12-6/h2-9,15,17-18H,10-14H2,1H3,(H,26,29);1-3H,4,10H2/t15-,17+,18+;/m0./s1. The van der Waals surface area contributed by atoms with Crippen LogP contribution >= 0.6 is 45.9 Å². The third kappa shape index (κ3) is 7.36. The van der Waals surface area contributed by atoms with E-state index in [0.717, 1.165) is 49.7 Å². The minimum Gasteiger partial charge on any atom is -0.346 e. The van der Waals surface area contributed by atoms with E-state index in [2.05, 4.69) is 27.4 Å². The Labute approximate surface area is 263 Å². The number of nitrogens with two attached hydrogens (primary N) is 1. The van der Waals surface area contributed by atoms with E-state index in [1.807, 2.05) is 54.6 Å². The minimum absolute atomic E-state index is 0.000972. The maximum atomic E-state index is 12.7. The Hall–Kier alpha value is -2.88. The molecule has 1 aliphatic rings. The molecule has 2 aromatic heterocycles. The highest BCUT2D eigenvalue weighted by atomic mass is 35.5. The van der Waals surface area contributed by atoms with Crippen molar-refractivity contribution in [2.75, 3.05) is 0 Å². The van der Waals surface area contributed by atoms with Crippen LogP contribution in [0.25, 0.3) is 20.4 Å². The summed E-state index contributed by atoms with van der Waals surface area (Å²) in [6.07, 6.45) is 3.66. The maximum Gasteiger partial charge on any atom is 0.223 e. The number of carbonyl (C=O) groups is 2. The summed E-state index contributed by atoms with van der Waals surface area (Å²) in [6.45, 7) is 2.26. The Morgan fingerprint density at radius 2 is 1.52 bits per heavy atom. The number of nitrogens with one attached hydrogen (secondary N) is 1. The summed E-state index contributed by atoms with van der Waals surface area (Å²) in [7, 11) is 0. The van der Waals surface area contributed by atoms with Crippen LogP contribution in [0.2, 0.25) is 10.0 Å². The number of hydrogen-bond donors (Lipinski definition) is 2. The van der Waals surface area contributed by atoms with E-state index < -0.39 is 6.04 Å². The average Bonchev–Trinajstić information content (AvgIpc) is 3.76. The van der Waals surface area contributed by atoms with Crippen LogP contribution in [0.15, 0.2) is 66.7 Å². The number of rotatable bonds is 8. The fourth-order valence-electron chi connectivity index (χ4n) is 5.22. The molecule has 6 rings (SSSR count). The maximum absolute atomic E-state index is 12.7. The van der Waals surface area contributed by atoms with Crippen molar-refractivity contribution in [1.82, 2.24) is 15.3 Å². The van der Waals surface area contributed by atoms with Gasteiger partial charge in [-0.3, -0.25) is 9.59 Å². The summed E-state index contributed by atoms with van der Waals surface area (Å²) in [5, 5.41) is 6.09. The number of aromatic nitrogens is 2. The van der Waals surface area contributed by atoms with Crippen LogP contribution in [0.1, 0.15) is 54.1 Å². The first-order valence-corrected chi connectivity index (χ1v) is 16.4. The number of amides is 1. The van der Waals surface area contributed by atoms with Gasteiger partial charge < -0.3 is 11.1 Å². The molecule has 1 amide bonds. The molecule has 3 aromatic carbocycles. The number of fused-ring (bicyclic) bond motifs is 2. The van der Waals surface area contributed by atoms with E-state index in [4.69, 9.17) is 28.9 Å². The molecule has 10 heteroatoms. The Morgan fingerprint density at radius 3 is 2.14 bits per heavy atom. The molecule has 1 aliphatic carbocycles. The molecule has 2 heterocycles. The minimum atomic E-state index is -0.480. The summed E-state index contributed by atoms with van der Waals surface area (Å²) in [4.78, 5) is 34.1. The van der Waals surface area contributed by atoms with Crippen LogP contribution in [0.4, 0.5) is 0 Å². The number of nitrogens with zero attached hydrogens (tertiary/aromatic N) is 2. The topological polar surface area (TPSA) is 98.0 Å². The zero-order valence-electron chi connectivity index (χ0n) is 23.2. The van der Waals surface area contributed by atoms with Gasteiger partial charge in [0.1, 0.15) is 16.0 Å². The van der Waals surface area contributed by atoms with Gasteiger partial charge in [0, 0.05) is 25.3 Å². The summed E-state index contributed by atoms with van der Waals surface area (Å²) < 4.78 is 2.13. The lowest BCUT2D eigenvalue weighted by atomic mass is 9.96. The summed E-state index contributed by atoms with van der Waals surface area (Å²) in [6, 6.07) is 21.3. The van der Waals surface area contributed by atoms with Gasteiger partial charge in [0.2, 0.25) is 5.91 Å². The van der Waals surface area contributed by atoms with Gasteiger partial charge in [-0.25, -0.2) is 9.97 Å². The van der Waals surface area contributed by atoms with Crippen molar-refractivity contribution in [2.24, 2.45) is 11.7 Å². The molecule has 1 fully saturated rings. The van der Waals surface area contributed by atoms with Crippen molar-refractivity contribution in [2.45, 2.75) is 57.5 Å². The van der Waals surface area contributed by atoms with Gasteiger partial charge in [0.05, 0.1) is 30.5 Å². The number of aryl methyl sites for hydroxylation is 1. The van der Waals surface area contributed by atoms with Crippen molar-refractivity contribution >= 4 is 78.0 Å². The van der Waals surface area contributed by atoms with Gasteiger partial charge in [-0.05, 0) is 61.9 Å². The zero-order valence-corrected chi connectivity index (χ0v) is 26.3. The second-order valence-electron chi connectivity index (χ2n) is 10.4. The highest BCUT2D eigenvalue weighted by molar-refractivity contribution is 7.19. The number of carbonyl (C=O) groups excluding carboxylic acids is 2. The predicted octanol–water partition coefficient (Wildman–Crippen LogP) is 7.95. The first-order chi connectivity index (χ1) is 20.3. The fourth-order valence-corrected chi connectivity index (χ4v) is 7.63. The van der Waals surface area contributed by atoms with Crippen LogP contribution in [-0.2, 0) is 22.6 Å². The lowest BCUT2D eigenvalue weighted by Crippen LogP contribution is -2.41. The molecule has 1 saturated carbocycles. The smallest absolute Gasteiger partial charge is 0.223 e. The zero-order chi connectivity index (χ0) is 29.6. The predicted molar refractivity (Wildman–Crippen MR) is 175 cm³/mol.